The lowest BCUT2D eigenvalue weighted by Crippen LogP contribution is -2.29. The first-order valence-electron chi connectivity index (χ1n) is 10.1. The Morgan fingerprint density at radius 3 is 2.55 bits per heavy atom. The van der Waals surface area contributed by atoms with E-state index in [0.717, 1.165) is 41.1 Å². The van der Waals surface area contributed by atoms with E-state index in [1.54, 1.807) is 29.3 Å². The first kappa shape index (κ1) is 21.0. The number of pyridine rings is 2. The van der Waals surface area contributed by atoms with Crippen LogP contribution in [0.15, 0.2) is 60.8 Å². The molecule has 0 saturated carbocycles. The summed E-state index contributed by atoms with van der Waals surface area (Å²) in [6, 6.07) is 14.5. The van der Waals surface area contributed by atoms with Crippen molar-refractivity contribution in [2.75, 3.05) is 13.1 Å². The molecular formula is C24H22F3N3O. The number of benzene rings is 1. The third-order valence-corrected chi connectivity index (χ3v) is 5.50. The maximum absolute atomic E-state index is 12.8. The predicted molar refractivity (Wildman–Crippen MR) is 111 cm³/mol. The van der Waals surface area contributed by atoms with Crippen molar-refractivity contribution in [2.45, 2.75) is 31.9 Å². The van der Waals surface area contributed by atoms with E-state index < -0.39 is 11.7 Å². The van der Waals surface area contributed by atoms with Gasteiger partial charge in [0.25, 0.3) is 5.91 Å². The number of carbonyl (C=O) groups is 1. The first-order valence-corrected chi connectivity index (χ1v) is 10.1. The highest BCUT2D eigenvalue weighted by Gasteiger charge is 2.31. The number of amides is 1. The van der Waals surface area contributed by atoms with Crippen LogP contribution in [-0.2, 0) is 12.6 Å². The second-order valence-electron chi connectivity index (χ2n) is 7.86. The van der Waals surface area contributed by atoms with Crippen LogP contribution in [0.2, 0.25) is 0 Å². The molecule has 1 unspecified atom stereocenters. The number of alkyl halides is 3. The lowest BCUT2D eigenvalue weighted by Gasteiger charge is -2.16. The van der Waals surface area contributed by atoms with Crippen molar-refractivity contribution in [3.63, 3.8) is 0 Å². The van der Waals surface area contributed by atoms with Crippen molar-refractivity contribution in [3.05, 3.63) is 94.6 Å². The van der Waals surface area contributed by atoms with Crippen LogP contribution >= 0.6 is 0 Å². The Balaban J connectivity index is 1.47. The topological polar surface area (TPSA) is 46.1 Å². The van der Waals surface area contributed by atoms with Gasteiger partial charge in [-0.05, 0) is 67.3 Å². The molecule has 1 fully saturated rings. The number of nitrogens with zero attached hydrogens (tertiary/aromatic N) is 3. The zero-order valence-electron chi connectivity index (χ0n) is 17.1. The van der Waals surface area contributed by atoms with E-state index in [-0.39, 0.29) is 11.8 Å². The Kier molecular flexibility index (Phi) is 5.76. The van der Waals surface area contributed by atoms with Crippen molar-refractivity contribution in [1.29, 1.82) is 0 Å². The summed E-state index contributed by atoms with van der Waals surface area (Å²) >= 11 is 0. The molecule has 4 nitrogen and oxygen atoms in total. The van der Waals surface area contributed by atoms with Crippen LogP contribution in [0.25, 0.3) is 0 Å². The van der Waals surface area contributed by atoms with Crippen molar-refractivity contribution in [1.82, 2.24) is 14.9 Å². The van der Waals surface area contributed by atoms with Crippen LogP contribution in [0, 0.1) is 6.92 Å². The van der Waals surface area contributed by atoms with Crippen LogP contribution in [0.5, 0.6) is 0 Å². The van der Waals surface area contributed by atoms with E-state index in [0.29, 0.717) is 25.2 Å². The second kappa shape index (κ2) is 8.49. The van der Waals surface area contributed by atoms with E-state index in [9.17, 15) is 18.0 Å². The summed E-state index contributed by atoms with van der Waals surface area (Å²) in [5, 5.41) is 0. The number of hydrogen-bond donors (Lipinski definition) is 0. The number of aryl methyl sites for hydroxylation is 1. The molecule has 3 aromatic rings. The van der Waals surface area contributed by atoms with Gasteiger partial charge in [-0.1, -0.05) is 18.2 Å². The van der Waals surface area contributed by atoms with E-state index in [1.165, 1.54) is 12.1 Å². The van der Waals surface area contributed by atoms with Gasteiger partial charge >= 0.3 is 6.18 Å². The summed E-state index contributed by atoms with van der Waals surface area (Å²) in [5.74, 6) is 0.0413. The molecule has 3 heterocycles. The molecule has 2 aromatic heterocycles. The van der Waals surface area contributed by atoms with Crippen LogP contribution in [0.4, 0.5) is 13.2 Å². The number of carbonyl (C=O) groups excluding carboxylic acids is 1. The van der Waals surface area contributed by atoms with Gasteiger partial charge in [-0.2, -0.15) is 13.2 Å². The normalized spacial score (nSPS) is 16.5. The summed E-state index contributed by atoms with van der Waals surface area (Å²) in [4.78, 5) is 23.3. The van der Waals surface area contributed by atoms with Gasteiger partial charge in [-0.3, -0.25) is 14.8 Å². The standard InChI is InChI=1S/C24H22F3N3O/c1-16-12-18(13-17-5-7-20(8-6-17)24(25,26)27)14-22(29-16)19-9-11-30(15-19)23(31)21-4-2-3-10-28-21/h2-8,10,12,14,19H,9,11,13,15H2,1H3. The predicted octanol–water partition coefficient (Wildman–Crippen LogP) is 5.02. The van der Waals surface area contributed by atoms with Crippen molar-refractivity contribution in [2.24, 2.45) is 0 Å². The monoisotopic (exact) mass is 425 g/mol. The van der Waals surface area contributed by atoms with Crippen LogP contribution in [0.3, 0.4) is 0 Å². The second-order valence-corrected chi connectivity index (χ2v) is 7.86. The van der Waals surface area contributed by atoms with Crippen molar-refractivity contribution >= 4 is 5.91 Å². The third-order valence-electron chi connectivity index (χ3n) is 5.50. The zero-order valence-corrected chi connectivity index (χ0v) is 17.1. The molecule has 0 N–H and O–H groups in total. The average Bonchev–Trinajstić information content (AvgIpc) is 3.23. The number of hydrogen-bond acceptors (Lipinski definition) is 3. The molecular weight excluding hydrogens is 403 g/mol. The Morgan fingerprint density at radius 1 is 1.10 bits per heavy atom. The van der Waals surface area contributed by atoms with Crippen molar-refractivity contribution in [3.8, 4) is 0 Å². The molecule has 7 heteroatoms. The fourth-order valence-corrected chi connectivity index (χ4v) is 3.96. The zero-order chi connectivity index (χ0) is 22.0. The molecule has 160 valence electrons. The molecule has 1 atom stereocenters. The molecule has 1 aliphatic rings. The van der Waals surface area contributed by atoms with E-state index >= 15 is 0 Å². The quantitative estimate of drug-likeness (QED) is 0.589. The van der Waals surface area contributed by atoms with Crippen molar-refractivity contribution < 1.29 is 18.0 Å². The summed E-state index contributed by atoms with van der Waals surface area (Å²) in [5.41, 5.74) is 3.36. The highest BCUT2D eigenvalue weighted by atomic mass is 19.4. The Morgan fingerprint density at radius 2 is 1.87 bits per heavy atom. The highest BCUT2D eigenvalue weighted by molar-refractivity contribution is 5.92. The van der Waals surface area contributed by atoms with Gasteiger partial charge in [0.1, 0.15) is 5.69 Å². The summed E-state index contributed by atoms with van der Waals surface area (Å²) in [7, 11) is 0. The molecule has 1 aromatic carbocycles. The SMILES string of the molecule is Cc1cc(Cc2ccc(C(F)(F)F)cc2)cc(C2CCN(C(=O)c3ccccn3)C2)n1. The van der Waals surface area contributed by atoms with E-state index in [1.807, 2.05) is 19.1 Å². The van der Waals surface area contributed by atoms with Gasteiger partial charge in [0, 0.05) is 36.6 Å². The van der Waals surface area contributed by atoms with Gasteiger partial charge < -0.3 is 4.90 Å². The Bertz CT molecular complexity index is 1070. The average molecular weight is 425 g/mol. The minimum atomic E-state index is -4.33. The first-order chi connectivity index (χ1) is 14.8. The molecule has 4 rings (SSSR count). The molecule has 0 spiro atoms. The maximum atomic E-state index is 12.8. The molecule has 0 radical (unpaired) electrons. The number of rotatable bonds is 4. The molecule has 1 saturated heterocycles. The fraction of sp³-hybridized carbons (Fsp3) is 0.292. The van der Waals surface area contributed by atoms with E-state index in [2.05, 4.69) is 9.97 Å². The van der Waals surface area contributed by atoms with Crippen LogP contribution < -0.4 is 0 Å². The molecule has 0 aliphatic carbocycles. The smallest absolute Gasteiger partial charge is 0.337 e. The molecule has 31 heavy (non-hydrogen) atoms. The van der Waals surface area contributed by atoms with Crippen LogP contribution in [0.1, 0.15) is 50.9 Å². The van der Waals surface area contributed by atoms with Gasteiger partial charge in [-0.15, -0.1) is 0 Å². The van der Waals surface area contributed by atoms with Gasteiger partial charge in [-0.25, -0.2) is 0 Å². The highest BCUT2D eigenvalue weighted by Crippen LogP contribution is 2.30. The Labute approximate surface area is 178 Å². The number of halogens is 3. The minimum absolute atomic E-state index is 0.0827. The number of likely N-dealkylation sites (tertiary alicyclic amines) is 1. The maximum Gasteiger partial charge on any atom is 0.416 e. The largest absolute Gasteiger partial charge is 0.416 e. The minimum Gasteiger partial charge on any atom is -0.337 e. The van der Waals surface area contributed by atoms with Crippen LogP contribution in [-0.4, -0.2) is 33.9 Å². The molecule has 0 bridgehead atoms. The summed E-state index contributed by atoms with van der Waals surface area (Å²) in [6.07, 6.45) is -1.39. The van der Waals surface area contributed by atoms with Gasteiger partial charge in [0.2, 0.25) is 0 Å². The molecule has 1 amide bonds. The lowest BCUT2D eigenvalue weighted by molar-refractivity contribution is -0.137. The fourth-order valence-electron chi connectivity index (χ4n) is 3.96. The lowest BCUT2D eigenvalue weighted by atomic mass is 9.98. The third kappa shape index (κ3) is 4.93. The molecule has 1 aliphatic heterocycles. The van der Waals surface area contributed by atoms with Gasteiger partial charge in [0.05, 0.1) is 5.56 Å². The Hall–Kier alpha value is -3.22. The summed E-state index contributed by atoms with van der Waals surface area (Å²) < 4.78 is 38.3. The van der Waals surface area contributed by atoms with Gasteiger partial charge in [0.15, 0.2) is 0 Å². The number of aromatic nitrogens is 2. The van der Waals surface area contributed by atoms with E-state index in [4.69, 9.17) is 0 Å². The summed E-state index contributed by atoms with van der Waals surface area (Å²) in [6.45, 7) is 3.13.